The quantitative estimate of drug-likeness (QED) is 0.0166. The molecule has 0 aliphatic carbocycles. The minimum absolute atomic E-state index is 0.0299. The number of hydrogen-bond donors (Lipinski definition) is 7. The van der Waals surface area contributed by atoms with Crippen molar-refractivity contribution in [2.24, 2.45) is 11.7 Å². The molecule has 2 saturated heterocycles. The van der Waals surface area contributed by atoms with Gasteiger partial charge in [-0.3, -0.25) is 43.9 Å². The van der Waals surface area contributed by atoms with Crippen LogP contribution in [0.25, 0.3) is 21.7 Å². The molecule has 6 heterocycles. The molecule has 24 heteroatoms. The first kappa shape index (κ1) is 66.7. The number of benzene rings is 4. The van der Waals surface area contributed by atoms with Gasteiger partial charge in [0.05, 0.1) is 23.0 Å². The Balaban J connectivity index is 0.650. The maximum absolute atomic E-state index is 14.4. The summed E-state index contributed by atoms with van der Waals surface area (Å²) in [5.41, 5.74) is 10.7. The molecule has 2 fully saturated rings. The molecule has 24 nitrogen and oxygen atoms in total. The van der Waals surface area contributed by atoms with Crippen LogP contribution in [0.3, 0.4) is 0 Å². The van der Waals surface area contributed by atoms with E-state index >= 15 is 0 Å². The predicted octanol–water partition coefficient (Wildman–Crippen LogP) is 6.24. The number of piperazine rings is 1. The van der Waals surface area contributed by atoms with Gasteiger partial charge < -0.3 is 65.6 Å². The Hall–Kier alpha value is -8.26. The number of imide groups is 1. The largest absolute Gasteiger partial charge is 0.444 e. The Kier molecular flexibility index (Phi) is 21.1. The van der Waals surface area contributed by atoms with Crippen molar-refractivity contribution in [3.05, 3.63) is 107 Å². The fourth-order valence-corrected chi connectivity index (χ4v) is 12.3. The lowest BCUT2D eigenvalue weighted by molar-refractivity contribution is -0.137. The van der Waals surface area contributed by atoms with E-state index in [1.54, 1.807) is 39.0 Å². The van der Waals surface area contributed by atoms with E-state index in [2.05, 4.69) is 50.3 Å². The number of likely N-dealkylation sites (N-methyl/N-ethyl adjacent to an activating group) is 1. The standard InChI is InChI=1S/C68H88N12O12/c1-42(2)60(71-30-29-70-57(81)22-26-68(5,6)90-38-27-67(3,4)75-63-55(91-63)25-33-80-58(82)20-21-59(80)83)62(85)74-51(13-10-28-69)61(84)72-44-16-14-43(15-17-44)41-89-66(88)79-32-24-47-49-39-52(73-50(49)18-19-53(47)79)64(86)78-31-23-46-45-11-8-9-12-48(45)56(40-54(46)78)92-65(87)77-36-34-76(7)35-37-77/h8-9,11-12,14-21,39-40,42,51,55,60,63,71,73,75H,10,13,22-38,41,69H2,1-7H3,(H,70,81)(H,72,84)(H,74,85)/t51-,55?,60?,63?/m0/s1. The summed E-state index contributed by atoms with van der Waals surface area (Å²) in [6.07, 6.45) is 5.32. The minimum Gasteiger partial charge on any atom is -0.444 e. The van der Waals surface area contributed by atoms with Crippen LogP contribution in [-0.2, 0) is 57.6 Å². The van der Waals surface area contributed by atoms with Crippen LogP contribution in [0.4, 0.5) is 26.7 Å². The number of nitrogens with two attached hydrogens (primary N) is 1. The number of ether oxygens (including phenoxy) is 4. The Morgan fingerprint density at radius 2 is 1.49 bits per heavy atom. The molecule has 5 aliphatic rings. The molecule has 1 aromatic heterocycles. The number of anilines is 3. The van der Waals surface area contributed by atoms with Gasteiger partial charge in [-0.1, -0.05) is 50.2 Å². The highest BCUT2D eigenvalue weighted by Gasteiger charge is 2.43. The minimum atomic E-state index is -0.885. The third-order valence-electron chi connectivity index (χ3n) is 17.9. The third-order valence-corrected chi connectivity index (χ3v) is 17.9. The summed E-state index contributed by atoms with van der Waals surface area (Å²) in [5.74, 6) is -1.47. The molecule has 8 amide bonds. The van der Waals surface area contributed by atoms with Crippen LogP contribution in [0.5, 0.6) is 5.75 Å². The normalized spacial score (nSPS) is 18.0. The van der Waals surface area contributed by atoms with Crippen LogP contribution in [0, 0.1) is 5.92 Å². The topological polar surface area (TPSA) is 295 Å². The summed E-state index contributed by atoms with van der Waals surface area (Å²) < 4.78 is 23.9. The maximum atomic E-state index is 14.4. The first-order valence-electron chi connectivity index (χ1n) is 32.2. The molecule has 8 N–H and O–H groups in total. The van der Waals surface area contributed by atoms with E-state index < -0.39 is 35.8 Å². The summed E-state index contributed by atoms with van der Waals surface area (Å²) in [7, 11) is 2.03. The number of epoxide rings is 1. The fraction of sp³-hybridized carbons (Fsp3) is 0.500. The zero-order valence-corrected chi connectivity index (χ0v) is 53.8. The van der Waals surface area contributed by atoms with Crippen molar-refractivity contribution in [1.29, 1.82) is 0 Å². The van der Waals surface area contributed by atoms with Crippen LogP contribution < -0.4 is 46.9 Å². The van der Waals surface area contributed by atoms with Gasteiger partial charge >= 0.3 is 12.2 Å². The number of nitrogens with one attached hydrogen (secondary N) is 6. The molecule has 0 saturated carbocycles. The molecule has 4 aromatic carbocycles. The summed E-state index contributed by atoms with van der Waals surface area (Å²) in [6.45, 7) is 17.0. The second-order valence-corrected chi connectivity index (χ2v) is 26.1. The van der Waals surface area contributed by atoms with Gasteiger partial charge in [0.2, 0.25) is 17.7 Å². The number of aromatic amines is 1. The number of aromatic nitrogens is 1. The zero-order chi connectivity index (χ0) is 65.4. The number of carbonyl (C=O) groups is 8. The maximum Gasteiger partial charge on any atom is 0.415 e. The number of rotatable bonds is 28. The van der Waals surface area contributed by atoms with Crippen LogP contribution in [0.15, 0.2) is 84.9 Å². The lowest BCUT2D eigenvalue weighted by Gasteiger charge is -2.31. The molecule has 0 spiro atoms. The molecular weight excluding hydrogens is 1180 g/mol. The third kappa shape index (κ3) is 16.3. The summed E-state index contributed by atoms with van der Waals surface area (Å²) in [6, 6.07) is 20.6. The van der Waals surface area contributed by atoms with Crippen LogP contribution in [0.1, 0.15) is 107 Å². The molecule has 92 heavy (non-hydrogen) atoms. The highest BCUT2D eigenvalue weighted by atomic mass is 16.6. The van der Waals surface area contributed by atoms with Gasteiger partial charge in [0.15, 0.2) is 0 Å². The second kappa shape index (κ2) is 29.1. The first-order valence-corrected chi connectivity index (χ1v) is 32.2. The number of nitrogens with zero attached hydrogens (tertiary/aromatic N) is 5. The van der Waals surface area contributed by atoms with Gasteiger partial charge in [0.1, 0.15) is 36.4 Å². The average molecular weight is 1270 g/mol. The van der Waals surface area contributed by atoms with E-state index in [0.717, 1.165) is 45.9 Å². The van der Waals surface area contributed by atoms with E-state index in [-0.39, 0.29) is 72.9 Å². The molecule has 5 aliphatic heterocycles. The number of H-pyrrole nitrogens is 1. The van der Waals surface area contributed by atoms with Crippen molar-refractivity contribution in [2.75, 3.05) is 94.2 Å². The molecule has 492 valence electrons. The molecule has 10 rings (SSSR count). The summed E-state index contributed by atoms with van der Waals surface area (Å²) in [4.78, 5) is 117. The van der Waals surface area contributed by atoms with Crippen molar-refractivity contribution in [2.45, 2.75) is 135 Å². The highest BCUT2D eigenvalue weighted by Crippen LogP contribution is 2.42. The second-order valence-electron chi connectivity index (χ2n) is 26.1. The molecule has 4 atom stereocenters. The van der Waals surface area contributed by atoms with Gasteiger partial charge in [-0.05, 0) is 145 Å². The Bertz CT molecular complexity index is 3580. The molecule has 3 unspecified atom stereocenters. The average Bonchev–Trinajstić information content (AvgIpc) is 1.61. The smallest absolute Gasteiger partial charge is 0.415 e. The molecule has 0 radical (unpaired) electrons. The van der Waals surface area contributed by atoms with E-state index in [1.165, 1.54) is 17.1 Å². The van der Waals surface area contributed by atoms with Crippen molar-refractivity contribution in [3.63, 3.8) is 0 Å². The zero-order valence-electron chi connectivity index (χ0n) is 53.8. The van der Waals surface area contributed by atoms with Gasteiger partial charge in [-0.15, -0.1) is 0 Å². The lowest BCUT2D eigenvalue weighted by atomic mass is 9.99. The van der Waals surface area contributed by atoms with Gasteiger partial charge in [-0.25, -0.2) is 9.59 Å². The van der Waals surface area contributed by atoms with Crippen molar-refractivity contribution < 1.29 is 57.3 Å². The monoisotopic (exact) mass is 1260 g/mol. The van der Waals surface area contributed by atoms with Gasteiger partial charge in [0, 0.05) is 118 Å². The van der Waals surface area contributed by atoms with E-state index in [1.807, 2.05) is 83.3 Å². The number of hydrogen-bond acceptors (Lipinski definition) is 16. The lowest BCUT2D eigenvalue weighted by Crippen LogP contribution is -2.54. The van der Waals surface area contributed by atoms with Crippen molar-refractivity contribution in [1.82, 2.24) is 41.0 Å². The van der Waals surface area contributed by atoms with Crippen LogP contribution in [0.2, 0.25) is 0 Å². The Morgan fingerprint density at radius 3 is 2.21 bits per heavy atom. The number of carbonyl (C=O) groups excluding carboxylic acids is 8. The first-order chi connectivity index (χ1) is 44.0. The van der Waals surface area contributed by atoms with Crippen LogP contribution >= 0.6 is 0 Å². The Morgan fingerprint density at radius 1 is 0.783 bits per heavy atom. The van der Waals surface area contributed by atoms with E-state index in [0.29, 0.717) is 131 Å². The predicted molar refractivity (Wildman–Crippen MR) is 349 cm³/mol. The van der Waals surface area contributed by atoms with E-state index in [4.69, 9.17) is 24.7 Å². The van der Waals surface area contributed by atoms with Crippen molar-refractivity contribution >= 4 is 86.4 Å². The van der Waals surface area contributed by atoms with E-state index in [9.17, 15) is 38.4 Å². The summed E-state index contributed by atoms with van der Waals surface area (Å²) in [5, 5.41) is 18.1. The molecule has 0 bridgehead atoms. The van der Waals surface area contributed by atoms with Crippen molar-refractivity contribution in [3.8, 4) is 5.75 Å². The number of fused-ring (bicyclic) bond motifs is 6. The van der Waals surface area contributed by atoms with Gasteiger partial charge in [-0.2, -0.15) is 0 Å². The van der Waals surface area contributed by atoms with Crippen LogP contribution in [-0.4, -0.2) is 182 Å². The fourth-order valence-electron chi connectivity index (χ4n) is 12.3. The SMILES string of the molecule is CC(C)C(NCCNC(=O)CCC(C)(C)OCCC(C)(C)NC1OC1CCN1C(=O)C=CC1=O)C(=O)N[C@@H](CCCN)C(=O)Nc1ccc(COC(=O)N2CCc3c2ccc2[nH]c(C(=O)N4CCc5c4cc(OC(=O)N4CCN(C)CC4)c4ccccc54)cc32)cc1. The Labute approximate surface area is 536 Å². The molecule has 5 aromatic rings. The highest BCUT2D eigenvalue weighted by molar-refractivity contribution is 6.13. The number of amides is 8. The molecular formula is C68H88N12O12. The summed E-state index contributed by atoms with van der Waals surface area (Å²) >= 11 is 0. The van der Waals surface area contributed by atoms with Gasteiger partial charge in [0.25, 0.3) is 17.7 Å².